The second-order valence-corrected chi connectivity index (χ2v) is 9.20. The fraction of sp³-hybridized carbons (Fsp3) is 0.400. The number of fused-ring (bicyclic) bond motifs is 1. The maximum Gasteiger partial charge on any atom is 0.336 e. The monoisotopic (exact) mass is 519 g/mol. The van der Waals surface area contributed by atoms with Crippen LogP contribution in [0.4, 0.5) is 0 Å². The third-order valence-electron chi connectivity index (χ3n) is 7.20. The lowest BCUT2D eigenvalue weighted by molar-refractivity contribution is -0.153. The van der Waals surface area contributed by atoms with Crippen molar-refractivity contribution < 1.29 is 33.3 Å². The number of ketones is 1. The van der Waals surface area contributed by atoms with Crippen molar-refractivity contribution in [1.29, 1.82) is 0 Å². The van der Waals surface area contributed by atoms with Gasteiger partial charge in [-0.25, -0.2) is 4.79 Å². The minimum absolute atomic E-state index is 0.135. The van der Waals surface area contributed by atoms with Crippen LogP contribution in [0.2, 0.25) is 0 Å². The summed E-state index contributed by atoms with van der Waals surface area (Å²) < 4.78 is 22.0. The van der Waals surface area contributed by atoms with Crippen molar-refractivity contribution in [2.45, 2.75) is 39.0 Å². The van der Waals surface area contributed by atoms with E-state index in [0.717, 1.165) is 5.56 Å². The van der Waals surface area contributed by atoms with Gasteiger partial charge < -0.3 is 18.9 Å². The zero-order valence-corrected chi connectivity index (χ0v) is 22.4. The molecule has 2 aromatic carbocycles. The Morgan fingerprint density at radius 1 is 0.868 bits per heavy atom. The van der Waals surface area contributed by atoms with E-state index in [9.17, 15) is 14.4 Å². The van der Waals surface area contributed by atoms with Crippen molar-refractivity contribution in [1.82, 2.24) is 0 Å². The number of benzene rings is 2. The molecule has 8 heteroatoms. The van der Waals surface area contributed by atoms with Crippen LogP contribution in [0, 0.1) is 11.8 Å². The van der Waals surface area contributed by atoms with Crippen LogP contribution in [0.15, 0.2) is 64.8 Å². The highest BCUT2D eigenvalue weighted by Crippen LogP contribution is 2.50. The fourth-order valence-corrected chi connectivity index (χ4v) is 5.68. The number of aliphatic imine (C=N–C) groups is 1. The fourth-order valence-electron chi connectivity index (χ4n) is 5.68. The van der Waals surface area contributed by atoms with Gasteiger partial charge in [0.15, 0.2) is 5.78 Å². The number of hydrogen-bond donors (Lipinski definition) is 0. The van der Waals surface area contributed by atoms with Gasteiger partial charge in [0, 0.05) is 28.8 Å². The molecular weight excluding hydrogens is 486 g/mol. The largest absolute Gasteiger partial charge is 0.496 e. The molecule has 0 spiro atoms. The number of rotatable bonds is 8. The van der Waals surface area contributed by atoms with E-state index in [4.69, 9.17) is 23.9 Å². The summed E-state index contributed by atoms with van der Waals surface area (Å²) in [6, 6.07) is 14.6. The number of hydrogen-bond acceptors (Lipinski definition) is 8. The summed E-state index contributed by atoms with van der Waals surface area (Å²) in [4.78, 5) is 45.8. The standard InChI is InChI=1S/C30H33NO7/c1-6-37-29(33)24-17(3)31-21-16-20(18-12-8-10-14-22(18)35-4)26(30(34)38-7-2)28(32)27(21)25(24)19-13-9-11-15-23(19)36-5/h8-15,20,25-27H,6-7,16H2,1-5H3/t20-,25+,26-,27?/m0/s1. The van der Waals surface area contributed by atoms with Crippen LogP contribution < -0.4 is 9.47 Å². The molecule has 1 saturated carbocycles. The maximum atomic E-state index is 14.4. The van der Waals surface area contributed by atoms with Crippen LogP contribution >= 0.6 is 0 Å². The summed E-state index contributed by atoms with van der Waals surface area (Å²) in [6.07, 6.45) is 0.319. The molecule has 1 heterocycles. The minimum atomic E-state index is -1.10. The van der Waals surface area contributed by atoms with E-state index in [-0.39, 0.29) is 24.6 Å². The number of para-hydroxylation sites is 2. The van der Waals surface area contributed by atoms with Gasteiger partial charge in [0.1, 0.15) is 17.4 Å². The third kappa shape index (κ3) is 4.83. The van der Waals surface area contributed by atoms with E-state index in [0.29, 0.717) is 34.9 Å². The van der Waals surface area contributed by atoms with Crippen LogP contribution in [0.1, 0.15) is 50.2 Å². The Morgan fingerprint density at radius 3 is 2.05 bits per heavy atom. The van der Waals surface area contributed by atoms with E-state index in [1.165, 1.54) is 0 Å². The number of Topliss-reactive ketones (excluding diaryl/α,β-unsaturated/α-hetero) is 1. The highest BCUT2D eigenvalue weighted by molar-refractivity contribution is 6.18. The van der Waals surface area contributed by atoms with Crippen molar-refractivity contribution >= 4 is 23.4 Å². The summed E-state index contributed by atoms with van der Waals surface area (Å²) in [5, 5.41) is 0. The number of ether oxygens (including phenoxy) is 4. The first-order valence-electron chi connectivity index (χ1n) is 12.8. The SMILES string of the molecule is CCOC(=O)C1=C(C)N=C2C[C@@H](c3ccccc3OC)[C@H](C(=O)OCC)C(=O)C2[C@@H]1c1ccccc1OC. The van der Waals surface area contributed by atoms with Crippen LogP contribution in [-0.2, 0) is 23.9 Å². The molecule has 0 N–H and O–H groups in total. The normalized spacial score (nSPS) is 22.8. The topological polar surface area (TPSA) is 100 Å². The van der Waals surface area contributed by atoms with Gasteiger partial charge in [0.05, 0.1) is 38.9 Å². The lowest BCUT2D eigenvalue weighted by Gasteiger charge is -2.41. The zero-order chi connectivity index (χ0) is 27.4. The molecule has 8 nitrogen and oxygen atoms in total. The Labute approximate surface area is 222 Å². The first-order chi connectivity index (χ1) is 18.4. The van der Waals surface area contributed by atoms with E-state index in [1.807, 2.05) is 36.4 Å². The highest BCUT2D eigenvalue weighted by atomic mass is 16.5. The Balaban J connectivity index is 1.94. The van der Waals surface area contributed by atoms with Crippen molar-refractivity contribution in [3.8, 4) is 11.5 Å². The Hall–Kier alpha value is -3.94. The smallest absolute Gasteiger partial charge is 0.336 e. The maximum absolute atomic E-state index is 14.4. The van der Waals surface area contributed by atoms with Gasteiger partial charge in [-0.05, 0) is 44.9 Å². The molecule has 0 radical (unpaired) electrons. The number of allylic oxidation sites excluding steroid dienone is 1. The van der Waals surface area contributed by atoms with Gasteiger partial charge in [-0.3, -0.25) is 14.6 Å². The molecule has 1 aliphatic carbocycles. The minimum Gasteiger partial charge on any atom is -0.496 e. The second-order valence-electron chi connectivity index (χ2n) is 9.20. The number of carbonyl (C=O) groups is 3. The molecule has 0 bridgehead atoms. The van der Waals surface area contributed by atoms with Gasteiger partial charge in [-0.1, -0.05) is 36.4 Å². The third-order valence-corrected chi connectivity index (χ3v) is 7.20. The average Bonchev–Trinajstić information content (AvgIpc) is 2.92. The second kappa shape index (κ2) is 11.6. The number of nitrogens with zero attached hydrogens (tertiary/aromatic N) is 1. The number of carbonyl (C=O) groups excluding carboxylic acids is 3. The summed E-state index contributed by atoms with van der Waals surface area (Å²) >= 11 is 0. The Kier molecular flexibility index (Phi) is 8.29. The molecule has 0 saturated heterocycles. The van der Waals surface area contributed by atoms with Crippen molar-refractivity contribution in [2.24, 2.45) is 16.8 Å². The molecule has 4 atom stereocenters. The highest BCUT2D eigenvalue weighted by Gasteiger charge is 2.53. The predicted octanol–water partition coefficient (Wildman–Crippen LogP) is 4.63. The van der Waals surface area contributed by atoms with Gasteiger partial charge in [0.2, 0.25) is 0 Å². The molecule has 1 unspecified atom stereocenters. The van der Waals surface area contributed by atoms with Crippen molar-refractivity contribution in [3.05, 3.63) is 70.9 Å². The Morgan fingerprint density at radius 2 is 1.45 bits per heavy atom. The summed E-state index contributed by atoms with van der Waals surface area (Å²) in [7, 11) is 3.10. The van der Waals surface area contributed by atoms with Crippen molar-refractivity contribution in [3.63, 3.8) is 0 Å². The molecule has 0 amide bonds. The molecule has 1 aliphatic heterocycles. The molecule has 0 aromatic heterocycles. The van der Waals surface area contributed by atoms with E-state index in [2.05, 4.69) is 0 Å². The summed E-state index contributed by atoms with van der Waals surface area (Å²) in [6.45, 7) is 5.49. The molecule has 200 valence electrons. The molecule has 4 rings (SSSR count). The average molecular weight is 520 g/mol. The Bertz CT molecular complexity index is 1300. The van der Waals surface area contributed by atoms with E-state index < -0.39 is 35.6 Å². The van der Waals surface area contributed by atoms with Gasteiger partial charge in [-0.2, -0.15) is 0 Å². The van der Waals surface area contributed by atoms with E-state index in [1.54, 1.807) is 47.1 Å². The zero-order valence-electron chi connectivity index (χ0n) is 22.4. The number of methoxy groups -OCH3 is 2. The lowest BCUT2D eigenvalue weighted by atomic mass is 9.62. The summed E-state index contributed by atoms with van der Waals surface area (Å²) in [5.41, 5.74) is 2.76. The van der Waals surface area contributed by atoms with Gasteiger partial charge >= 0.3 is 11.9 Å². The van der Waals surface area contributed by atoms with Gasteiger partial charge in [-0.15, -0.1) is 0 Å². The predicted molar refractivity (Wildman–Crippen MR) is 141 cm³/mol. The molecule has 38 heavy (non-hydrogen) atoms. The molecule has 2 aliphatic rings. The van der Waals surface area contributed by atoms with Crippen LogP contribution in [-0.4, -0.2) is 50.9 Å². The number of esters is 2. The van der Waals surface area contributed by atoms with E-state index >= 15 is 0 Å². The molecule has 1 fully saturated rings. The molecular formula is C30H33NO7. The van der Waals surface area contributed by atoms with Crippen LogP contribution in [0.3, 0.4) is 0 Å². The first-order valence-corrected chi connectivity index (χ1v) is 12.8. The lowest BCUT2D eigenvalue weighted by Crippen LogP contribution is -2.48. The molecule has 2 aromatic rings. The summed E-state index contributed by atoms with van der Waals surface area (Å²) in [5.74, 6) is -3.63. The van der Waals surface area contributed by atoms with Gasteiger partial charge in [0.25, 0.3) is 0 Å². The quantitative estimate of drug-likeness (QED) is 0.370. The van der Waals surface area contributed by atoms with Crippen LogP contribution in [0.5, 0.6) is 11.5 Å². The van der Waals surface area contributed by atoms with Crippen molar-refractivity contribution in [2.75, 3.05) is 27.4 Å². The first kappa shape index (κ1) is 27.1. The van der Waals surface area contributed by atoms with Crippen LogP contribution in [0.25, 0.3) is 0 Å².